The lowest BCUT2D eigenvalue weighted by atomic mass is 10.0. The smallest absolute Gasteiger partial charge is 0.331 e. The standard InChI is InChI=1S/C19H21NO3S/c1-2-6-17(16-7-4-3-5-8-16)20-18(21)13-23-19(22)10-9-15-11-12-24-14-15/h3-5,7-12,14,17H,2,6,13H2,1H3,(H,20,21)/b10-9+/t17-/m1/s1. The van der Waals surface area contributed by atoms with Gasteiger partial charge < -0.3 is 10.1 Å². The summed E-state index contributed by atoms with van der Waals surface area (Å²) in [5.74, 6) is -0.822. The van der Waals surface area contributed by atoms with E-state index in [1.807, 2.05) is 47.2 Å². The topological polar surface area (TPSA) is 55.4 Å². The van der Waals surface area contributed by atoms with Crippen molar-refractivity contribution >= 4 is 29.3 Å². The fourth-order valence-electron chi connectivity index (χ4n) is 2.25. The van der Waals surface area contributed by atoms with Crippen molar-refractivity contribution in [1.29, 1.82) is 0 Å². The molecule has 126 valence electrons. The van der Waals surface area contributed by atoms with Gasteiger partial charge in [-0.1, -0.05) is 43.7 Å². The van der Waals surface area contributed by atoms with Crippen molar-refractivity contribution in [2.45, 2.75) is 25.8 Å². The highest BCUT2D eigenvalue weighted by Crippen LogP contribution is 2.17. The van der Waals surface area contributed by atoms with Crippen LogP contribution in [0.5, 0.6) is 0 Å². The maximum absolute atomic E-state index is 12.0. The van der Waals surface area contributed by atoms with Crippen molar-refractivity contribution in [1.82, 2.24) is 5.32 Å². The zero-order valence-corrected chi connectivity index (χ0v) is 14.4. The molecular weight excluding hydrogens is 322 g/mol. The predicted molar refractivity (Wildman–Crippen MR) is 96.5 cm³/mol. The van der Waals surface area contributed by atoms with Gasteiger partial charge in [-0.05, 0) is 40.5 Å². The molecule has 0 spiro atoms. The number of carbonyl (C=O) groups is 2. The minimum atomic E-state index is -0.525. The summed E-state index contributed by atoms with van der Waals surface area (Å²) in [7, 11) is 0. The molecule has 0 aliphatic carbocycles. The van der Waals surface area contributed by atoms with Crippen LogP contribution in [-0.2, 0) is 14.3 Å². The first-order chi connectivity index (χ1) is 11.7. The van der Waals surface area contributed by atoms with Crippen LogP contribution in [-0.4, -0.2) is 18.5 Å². The summed E-state index contributed by atoms with van der Waals surface area (Å²) >= 11 is 1.55. The molecule has 1 atom stereocenters. The minimum Gasteiger partial charge on any atom is -0.452 e. The SMILES string of the molecule is CCC[C@@H](NC(=O)COC(=O)/C=C/c1ccsc1)c1ccccc1. The van der Waals surface area contributed by atoms with E-state index in [2.05, 4.69) is 12.2 Å². The average molecular weight is 343 g/mol. The summed E-state index contributed by atoms with van der Waals surface area (Å²) in [6.07, 6.45) is 4.78. The summed E-state index contributed by atoms with van der Waals surface area (Å²) in [6.45, 7) is 1.79. The van der Waals surface area contributed by atoms with Gasteiger partial charge in [-0.2, -0.15) is 11.3 Å². The average Bonchev–Trinajstić information content (AvgIpc) is 3.12. The maximum Gasteiger partial charge on any atom is 0.331 e. The van der Waals surface area contributed by atoms with Crippen LogP contribution in [0.15, 0.2) is 53.2 Å². The number of thiophene rings is 1. The Morgan fingerprint density at radius 2 is 2.04 bits per heavy atom. The zero-order valence-electron chi connectivity index (χ0n) is 13.6. The van der Waals surface area contributed by atoms with Crippen LogP contribution in [0.3, 0.4) is 0 Å². The monoisotopic (exact) mass is 343 g/mol. The van der Waals surface area contributed by atoms with Crippen LogP contribution in [0.1, 0.15) is 36.9 Å². The van der Waals surface area contributed by atoms with Gasteiger partial charge in [0.15, 0.2) is 6.61 Å². The molecule has 1 N–H and O–H groups in total. The molecule has 0 aliphatic rings. The Hall–Kier alpha value is -2.40. The molecule has 0 fully saturated rings. The van der Waals surface area contributed by atoms with Crippen LogP contribution < -0.4 is 5.32 Å². The molecule has 1 aromatic carbocycles. The van der Waals surface area contributed by atoms with Gasteiger partial charge in [-0.25, -0.2) is 4.79 Å². The molecule has 5 heteroatoms. The number of hydrogen-bond acceptors (Lipinski definition) is 4. The third-order valence-electron chi connectivity index (χ3n) is 3.42. The number of carbonyl (C=O) groups excluding carboxylic acids is 2. The van der Waals surface area contributed by atoms with E-state index in [1.165, 1.54) is 6.08 Å². The lowest BCUT2D eigenvalue weighted by molar-refractivity contribution is -0.144. The molecular formula is C19H21NO3S. The van der Waals surface area contributed by atoms with E-state index in [1.54, 1.807) is 17.4 Å². The number of rotatable bonds is 8. The van der Waals surface area contributed by atoms with E-state index in [9.17, 15) is 9.59 Å². The third-order valence-corrected chi connectivity index (χ3v) is 4.12. The second-order valence-corrected chi connectivity index (χ2v) is 6.10. The van der Waals surface area contributed by atoms with Crippen LogP contribution in [0.25, 0.3) is 6.08 Å². The van der Waals surface area contributed by atoms with Crippen molar-refractivity contribution in [3.8, 4) is 0 Å². The quantitative estimate of drug-likeness (QED) is 0.583. The molecule has 0 aliphatic heterocycles. The number of amides is 1. The summed E-state index contributed by atoms with van der Waals surface area (Å²) in [5.41, 5.74) is 1.99. The molecule has 4 nitrogen and oxygen atoms in total. The van der Waals surface area contributed by atoms with E-state index in [4.69, 9.17) is 4.74 Å². The second-order valence-electron chi connectivity index (χ2n) is 5.32. The third kappa shape index (κ3) is 6.01. The number of hydrogen-bond donors (Lipinski definition) is 1. The van der Waals surface area contributed by atoms with Crippen molar-refractivity contribution in [3.63, 3.8) is 0 Å². The minimum absolute atomic E-state index is 0.0660. The second kappa shape index (κ2) is 9.67. The molecule has 2 rings (SSSR count). The highest BCUT2D eigenvalue weighted by molar-refractivity contribution is 7.08. The van der Waals surface area contributed by atoms with Gasteiger partial charge in [0.05, 0.1) is 6.04 Å². The lowest BCUT2D eigenvalue weighted by Gasteiger charge is -2.18. The van der Waals surface area contributed by atoms with Gasteiger partial charge in [0, 0.05) is 6.08 Å². The molecule has 1 aromatic heterocycles. The number of ether oxygens (including phenoxy) is 1. The van der Waals surface area contributed by atoms with Gasteiger partial charge in [-0.15, -0.1) is 0 Å². The Balaban J connectivity index is 1.81. The number of esters is 1. The highest BCUT2D eigenvalue weighted by atomic mass is 32.1. The van der Waals surface area contributed by atoms with Gasteiger partial charge in [0.1, 0.15) is 0 Å². The zero-order chi connectivity index (χ0) is 17.2. The van der Waals surface area contributed by atoms with Crippen molar-refractivity contribution in [2.24, 2.45) is 0 Å². The number of benzene rings is 1. The van der Waals surface area contributed by atoms with E-state index in [-0.39, 0.29) is 18.6 Å². The van der Waals surface area contributed by atoms with Gasteiger partial charge >= 0.3 is 5.97 Å². The lowest BCUT2D eigenvalue weighted by Crippen LogP contribution is -2.32. The predicted octanol–water partition coefficient (Wildman–Crippen LogP) is 3.96. The fraction of sp³-hybridized carbons (Fsp3) is 0.263. The van der Waals surface area contributed by atoms with Gasteiger partial charge in [0.25, 0.3) is 5.91 Å². The Bertz CT molecular complexity index is 665. The molecule has 0 radical (unpaired) electrons. The van der Waals surface area contributed by atoms with Crippen LogP contribution in [0, 0.1) is 0 Å². The molecule has 24 heavy (non-hydrogen) atoms. The van der Waals surface area contributed by atoms with Crippen LogP contribution >= 0.6 is 11.3 Å². The van der Waals surface area contributed by atoms with Gasteiger partial charge in [-0.3, -0.25) is 4.79 Å². The van der Waals surface area contributed by atoms with E-state index < -0.39 is 5.97 Å². The summed E-state index contributed by atoms with van der Waals surface area (Å²) in [4.78, 5) is 23.7. The first-order valence-electron chi connectivity index (χ1n) is 7.90. The van der Waals surface area contributed by atoms with E-state index >= 15 is 0 Å². The van der Waals surface area contributed by atoms with Crippen LogP contribution in [0.2, 0.25) is 0 Å². The maximum atomic E-state index is 12.0. The Kier molecular flexibility index (Phi) is 7.23. The molecule has 0 saturated heterocycles. The Labute approximate surface area is 146 Å². The normalized spacial score (nSPS) is 12.0. The van der Waals surface area contributed by atoms with Crippen molar-refractivity contribution < 1.29 is 14.3 Å². The molecule has 2 aromatic rings. The summed E-state index contributed by atoms with van der Waals surface area (Å²) < 4.78 is 4.98. The molecule has 1 heterocycles. The van der Waals surface area contributed by atoms with E-state index in [0.29, 0.717) is 0 Å². The van der Waals surface area contributed by atoms with Gasteiger partial charge in [0.2, 0.25) is 0 Å². The van der Waals surface area contributed by atoms with E-state index in [0.717, 1.165) is 24.0 Å². The van der Waals surface area contributed by atoms with Crippen LogP contribution in [0.4, 0.5) is 0 Å². The molecule has 0 saturated carbocycles. The molecule has 0 unspecified atom stereocenters. The molecule has 0 bridgehead atoms. The Morgan fingerprint density at radius 3 is 2.71 bits per heavy atom. The first kappa shape index (κ1) is 17.9. The summed E-state index contributed by atoms with van der Waals surface area (Å²) in [6, 6.07) is 11.6. The fourth-order valence-corrected chi connectivity index (χ4v) is 2.88. The summed E-state index contributed by atoms with van der Waals surface area (Å²) in [5, 5.41) is 6.77. The number of nitrogens with one attached hydrogen (secondary N) is 1. The first-order valence-corrected chi connectivity index (χ1v) is 8.84. The highest BCUT2D eigenvalue weighted by Gasteiger charge is 2.14. The Morgan fingerprint density at radius 1 is 1.25 bits per heavy atom. The van der Waals surface area contributed by atoms with Crippen molar-refractivity contribution in [2.75, 3.05) is 6.61 Å². The molecule has 1 amide bonds. The largest absolute Gasteiger partial charge is 0.452 e. The van der Waals surface area contributed by atoms with Crippen molar-refractivity contribution in [3.05, 3.63) is 64.4 Å².